The molecule has 0 radical (unpaired) electrons. The fraction of sp³-hybridized carbons (Fsp3) is 0.0588. The maximum atomic E-state index is 14.3. The highest BCUT2D eigenvalue weighted by atomic mass is 35.5. The summed E-state index contributed by atoms with van der Waals surface area (Å²) < 4.78 is 14.3. The molecule has 2 aromatic heterocycles. The van der Waals surface area contributed by atoms with Gasteiger partial charge in [0.2, 0.25) is 0 Å². The maximum Gasteiger partial charge on any atom is 0.251 e. The van der Waals surface area contributed by atoms with Crippen LogP contribution in [0.1, 0.15) is 15.2 Å². The van der Waals surface area contributed by atoms with Crippen molar-refractivity contribution in [1.82, 2.24) is 10.3 Å². The molecule has 0 fully saturated rings. The molecule has 3 nitrogen and oxygen atoms in total. The first kappa shape index (κ1) is 15.6. The molecule has 0 atom stereocenters. The largest absolute Gasteiger partial charge is 0.347 e. The van der Waals surface area contributed by atoms with E-state index in [4.69, 9.17) is 11.6 Å². The Morgan fingerprint density at radius 2 is 2.13 bits per heavy atom. The Morgan fingerprint density at radius 3 is 2.83 bits per heavy atom. The second-order valence-electron chi connectivity index (χ2n) is 4.79. The molecule has 3 aromatic rings. The first-order valence-corrected chi connectivity index (χ1v) is 8.12. The zero-order valence-electron chi connectivity index (χ0n) is 11.9. The van der Waals surface area contributed by atoms with E-state index >= 15 is 0 Å². The molecule has 1 amide bonds. The van der Waals surface area contributed by atoms with Crippen LogP contribution in [0.2, 0.25) is 5.02 Å². The molecule has 3 rings (SSSR count). The summed E-state index contributed by atoms with van der Waals surface area (Å²) in [4.78, 5) is 17.2. The lowest BCUT2D eigenvalue weighted by Crippen LogP contribution is -2.22. The Hall–Kier alpha value is -2.24. The first-order chi connectivity index (χ1) is 11.1. The lowest BCUT2D eigenvalue weighted by atomic mass is 10.1. The van der Waals surface area contributed by atoms with Gasteiger partial charge in [0.05, 0.1) is 17.3 Å². The van der Waals surface area contributed by atoms with Crippen molar-refractivity contribution in [3.8, 4) is 11.3 Å². The van der Waals surface area contributed by atoms with Gasteiger partial charge in [0.1, 0.15) is 5.82 Å². The third-order valence-electron chi connectivity index (χ3n) is 3.25. The van der Waals surface area contributed by atoms with Crippen molar-refractivity contribution in [3.63, 3.8) is 0 Å². The van der Waals surface area contributed by atoms with Gasteiger partial charge in [-0.1, -0.05) is 17.7 Å². The molecule has 1 aromatic carbocycles. The summed E-state index contributed by atoms with van der Waals surface area (Å²) in [5, 5.41) is 5.06. The number of rotatable bonds is 4. The van der Waals surface area contributed by atoms with Crippen molar-refractivity contribution in [2.75, 3.05) is 0 Å². The standard InChI is InChI=1S/C17H12ClFN2OS/c18-14-4-1-7-20-16(14)13-6-5-11(9-15(13)19)17(22)21-10-12-3-2-8-23-12/h1-9H,10H2,(H,21,22). The molecule has 0 saturated carbocycles. The van der Waals surface area contributed by atoms with Gasteiger partial charge in [-0.25, -0.2) is 4.39 Å². The number of nitrogens with zero attached hydrogens (tertiary/aromatic N) is 1. The van der Waals surface area contributed by atoms with Crippen LogP contribution in [0.3, 0.4) is 0 Å². The van der Waals surface area contributed by atoms with Crippen molar-refractivity contribution < 1.29 is 9.18 Å². The molecule has 1 N–H and O–H groups in total. The van der Waals surface area contributed by atoms with Crippen LogP contribution >= 0.6 is 22.9 Å². The smallest absolute Gasteiger partial charge is 0.251 e. The van der Waals surface area contributed by atoms with Gasteiger partial charge in [-0.2, -0.15) is 0 Å². The molecule has 0 saturated heterocycles. The van der Waals surface area contributed by atoms with Gasteiger partial charge in [-0.15, -0.1) is 11.3 Å². The fourth-order valence-corrected chi connectivity index (χ4v) is 2.98. The number of carbonyl (C=O) groups is 1. The van der Waals surface area contributed by atoms with Gasteiger partial charge in [0.25, 0.3) is 5.91 Å². The van der Waals surface area contributed by atoms with Crippen LogP contribution in [-0.4, -0.2) is 10.9 Å². The molecule has 116 valence electrons. The highest BCUT2D eigenvalue weighted by Gasteiger charge is 2.13. The van der Waals surface area contributed by atoms with E-state index in [1.165, 1.54) is 12.1 Å². The minimum atomic E-state index is -0.533. The van der Waals surface area contributed by atoms with E-state index in [0.29, 0.717) is 17.3 Å². The van der Waals surface area contributed by atoms with Gasteiger partial charge in [0.15, 0.2) is 0 Å². The third kappa shape index (κ3) is 3.57. The Morgan fingerprint density at radius 1 is 1.26 bits per heavy atom. The average molecular weight is 347 g/mol. The van der Waals surface area contributed by atoms with E-state index in [-0.39, 0.29) is 17.0 Å². The van der Waals surface area contributed by atoms with Crippen LogP contribution in [-0.2, 0) is 6.54 Å². The number of amides is 1. The number of carbonyl (C=O) groups excluding carboxylic acids is 1. The number of benzene rings is 1. The van der Waals surface area contributed by atoms with Gasteiger partial charge >= 0.3 is 0 Å². The Kier molecular flexibility index (Phi) is 4.69. The number of halogens is 2. The van der Waals surface area contributed by atoms with E-state index in [0.717, 1.165) is 4.88 Å². The zero-order chi connectivity index (χ0) is 16.2. The first-order valence-electron chi connectivity index (χ1n) is 6.86. The minimum absolute atomic E-state index is 0.259. The number of hydrogen-bond acceptors (Lipinski definition) is 3. The molecular weight excluding hydrogens is 335 g/mol. The summed E-state index contributed by atoms with van der Waals surface area (Å²) in [5.74, 6) is -0.856. The number of pyridine rings is 1. The fourth-order valence-electron chi connectivity index (χ4n) is 2.11. The Labute approximate surface area is 141 Å². The molecule has 0 aliphatic rings. The minimum Gasteiger partial charge on any atom is -0.347 e. The van der Waals surface area contributed by atoms with Gasteiger partial charge in [-0.05, 0) is 41.8 Å². The summed E-state index contributed by atoms with van der Waals surface area (Å²) in [7, 11) is 0. The molecule has 6 heteroatoms. The normalized spacial score (nSPS) is 10.5. The predicted molar refractivity (Wildman–Crippen MR) is 90.1 cm³/mol. The highest BCUT2D eigenvalue weighted by Crippen LogP contribution is 2.28. The zero-order valence-corrected chi connectivity index (χ0v) is 13.5. The van der Waals surface area contributed by atoms with Crippen LogP contribution in [0.15, 0.2) is 54.0 Å². The molecule has 0 bridgehead atoms. The Balaban J connectivity index is 1.79. The number of hydrogen-bond donors (Lipinski definition) is 1. The second kappa shape index (κ2) is 6.89. The molecule has 23 heavy (non-hydrogen) atoms. The number of thiophene rings is 1. The highest BCUT2D eigenvalue weighted by molar-refractivity contribution is 7.09. The monoisotopic (exact) mass is 346 g/mol. The molecule has 0 unspecified atom stereocenters. The van der Waals surface area contributed by atoms with E-state index in [2.05, 4.69) is 10.3 Å². The molecule has 0 aliphatic carbocycles. The second-order valence-corrected chi connectivity index (χ2v) is 6.23. The lowest BCUT2D eigenvalue weighted by Gasteiger charge is -2.08. The van der Waals surface area contributed by atoms with Crippen LogP contribution < -0.4 is 5.32 Å². The van der Waals surface area contributed by atoms with Gasteiger partial charge < -0.3 is 5.32 Å². The molecule has 0 spiro atoms. The number of nitrogens with one attached hydrogen (secondary N) is 1. The quantitative estimate of drug-likeness (QED) is 0.754. The van der Waals surface area contributed by atoms with Crippen molar-refractivity contribution in [2.45, 2.75) is 6.54 Å². The topological polar surface area (TPSA) is 42.0 Å². The summed E-state index contributed by atoms with van der Waals surface area (Å²) in [6.45, 7) is 0.423. The average Bonchev–Trinajstić information content (AvgIpc) is 3.07. The van der Waals surface area contributed by atoms with Crippen LogP contribution in [0.25, 0.3) is 11.3 Å². The van der Waals surface area contributed by atoms with Crippen molar-refractivity contribution in [2.24, 2.45) is 0 Å². The van der Waals surface area contributed by atoms with Crippen LogP contribution in [0, 0.1) is 5.82 Å². The van der Waals surface area contributed by atoms with E-state index < -0.39 is 5.82 Å². The maximum absolute atomic E-state index is 14.3. The lowest BCUT2D eigenvalue weighted by molar-refractivity contribution is 0.0951. The van der Waals surface area contributed by atoms with Crippen molar-refractivity contribution >= 4 is 28.8 Å². The van der Waals surface area contributed by atoms with Crippen LogP contribution in [0.4, 0.5) is 4.39 Å². The van der Waals surface area contributed by atoms with E-state index in [1.807, 2.05) is 17.5 Å². The van der Waals surface area contributed by atoms with Crippen LogP contribution in [0.5, 0.6) is 0 Å². The summed E-state index contributed by atoms with van der Waals surface area (Å²) in [5.41, 5.74) is 0.887. The van der Waals surface area contributed by atoms with E-state index in [9.17, 15) is 9.18 Å². The van der Waals surface area contributed by atoms with Crippen molar-refractivity contribution in [1.29, 1.82) is 0 Å². The number of aromatic nitrogens is 1. The SMILES string of the molecule is O=C(NCc1cccs1)c1ccc(-c2ncccc2Cl)c(F)c1. The summed E-state index contributed by atoms with van der Waals surface area (Å²) in [6.07, 6.45) is 1.54. The molecule has 2 heterocycles. The third-order valence-corrected chi connectivity index (χ3v) is 4.43. The van der Waals surface area contributed by atoms with Crippen molar-refractivity contribution in [3.05, 3.63) is 75.3 Å². The Bertz CT molecular complexity index is 836. The summed E-state index contributed by atoms with van der Waals surface area (Å²) >= 11 is 7.59. The molecular formula is C17H12ClFN2OS. The predicted octanol–water partition coefficient (Wildman–Crippen LogP) is 4.53. The molecule has 0 aliphatic heterocycles. The summed E-state index contributed by atoms with van der Waals surface area (Å²) in [6, 6.07) is 11.4. The van der Waals surface area contributed by atoms with E-state index in [1.54, 1.807) is 35.7 Å². The van der Waals surface area contributed by atoms with Gasteiger partial charge in [0, 0.05) is 22.2 Å². The van der Waals surface area contributed by atoms with Gasteiger partial charge in [-0.3, -0.25) is 9.78 Å².